The molecule has 0 aliphatic rings. The second-order valence-electron chi connectivity index (χ2n) is 3.35. The van der Waals surface area contributed by atoms with Gasteiger partial charge in [-0.3, -0.25) is 0 Å². The van der Waals surface area contributed by atoms with Crippen LogP contribution < -0.4 is 0 Å². The lowest BCUT2D eigenvalue weighted by Gasteiger charge is -1.95. The van der Waals surface area contributed by atoms with Crippen molar-refractivity contribution in [2.24, 2.45) is 0 Å². The highest BCUT2D eigenvalue weighted by Crippen LogP contribution is 2.06. The van der Waals surface area contributed by atoms with Gasteiger partial charge in [-0.05, 0) is 12.8 Å². The smallest absolute Gasteiger partial charge is 0.223 e. The van der Waals surface area contributed by atoms with Crippen molar-refractivity contribution >= 4 is 6.29 Å². The molecule has 0 amide bonds. The Morgan fingerprint density at radius 3 is 2.71 bits per heavy atom. The van der Waals surface area contributed by atoms with Gasteiger partial charge in [-0.2, -0.15) is 4.98 Å². The average molecular weight is 196 g/mol. The Balaban J connectivity index is 2.01. The molecule has 0 N–H and O–H groups in total. The van der Waals surface area contributed by atoms with Gasteiger partial charge in [0.2, 0.25) is 5.89 Å². The highest BCUT2D eigenvalue weighted by atomic mass is 16.5. The van der Waals surface area contributed by atoms with Crippen LogP contribution in [0.4, 0.5) is 0 Å². The number of carbonyl (C=O) groups excluding carboxylic acids is 1. The van der Waals surface area contributed by atoms with Crippen molar-refractivity contribution in [2.45, 2.75) is 45.4 Å². The van der Waals surface area contributed by atoms with Crippen molar-refractivity contribution in [1.82, 2.24) is 10.1 Å². The molecule has 0 radical (unpaired) electrons. The Bertz CT molecular complexity index is 271. The first-order valence-corrected chi connectivity index (χ1v) is 5.06. The highest BCUT2D eigenvalue weighted by molar-refractivity contribution is 5.48. The predicted octanol–water partition coefficient (Wildman–Crippen LogP) is 2.07. The molecule has 0 saturated carbocycles. The number of hydrogen-bond acceptors (Lipinski definition) is 4. The third-order valence-electron chi connectivity index (χ3n) is 2.04. The summed E-state index contributed by atoms with van der Waals surface area (Å²) in [5.74, 6) is 1.42. The lowest BCUT2D eigenvalue weighted by Crippen LogP contribution is -1.89. The van der Waals surface area contributed by atoms with Crippen LogP contribution in [0.5, 0.6) is 0 Å². The lowest BCUT2D eigenvalue weighted by atomic mass is 10.1. The van der Waals surface area contributed by atoms with Gasteiger partial charge in [0.15, 0.2) is 5.82 Å². The zero-order valence-corrected chi connectivity index (χ0v) is 8.53. The Morgan fingerprint density at radius 1 is 1.29 bits per heavy atom. The summed E-state index contributed by atoms with van der Waals surface area (Å²) in [5.41, 5.74) is 0. The fourth-order valence-electron chi connectivity index (χ4n) is 1.31. The van der Waals surface area contributed by atoms with Crippen molar-refractivity contribution < 1.29 is 9.32 Å². The van der Waals surface area contributed by atoms with Crippen LogP contribution in [0.15, 0.2) is 4.52 Å². The first kappa shape index (κ1) is 10.9. The van der Waals surface area contributed by atoms with Crippen LogP contribution in [0, 0.1) is 6.92 Å². The topological polar surface area (TPSA) is 56.0 Å². The number of aldehydes is 1. The summed E-state index contributed by atoms with van der Waals surface area (Å²) in [6.45, 7) is 1.79. The van der Waals surface area contributed by atoms with Crippen LogP contribution >= 0.6 is 0 Å². The molecule has 4 heteroatoms. The van der Waals surface area contributed by atoms with Gasteiger partial charge in [-0.1, -0.05) is 18.0 Å². The van der Waals surface area contributed by atoms with E-state index in [1.54, 1.807) is 6.92 Å². The molecule has 0 saturated heterocycles. The number of unbranched alkanes of at least 4 members (excludes halogenated alkanes) is 4. The summed E-state index contributed by atoms with van der Waals surface area (Å²) in [4.78, 5) is 14.1. The second-order valence-corrected chi connectivity index (χ2v) is 3.35. The van der Waals surface area contributed by atoms with Gasteiger partial charge in [0.05, 0.1) is 0 Å². The number of aromatic nitrogens is 2. The van der Waals surface area contributed by atoms with Crippen LogP contribution in [0.1, 0.15) is 43.8 Å². The van der Waals surface area contributed by atoms with Gasteiger partial charge in [0.25, 0.3) is 0 Å². The molecular weight excluding hydrogens is 180 g/mol. The van der Waals surface area contributed by atoms with Crippen LogP contribution in [0.25, 0.3) is 0 Å². The number of rotatable bonds is 7. The molecule has 4 nitrogen and oxygen atoms in total. The van der Waals surface area contributed by atoms with E-state index >= 15 is 0 Å². The van der Waals surface area contributed by atoms with E-state index < -0.39 is 0 Å². The van der Waals surface area contributed by atoms with E-state index in [1.807, 2.05) is 0 Å². The highest BCUT2D eigenvalue weighted by Gasteiger charge is 2.00. The van der Waals surface area contributed by atoms with E-state index in [-0.39, 0.29) is 0 Å². The zero-order chi connectivity index (χ0) is 10.2. The van der Waals surface area contributed by atoms with Crippen molar-refractivity contribution in [3.8, 4) is 0 Å². The summed E-state index contributed by atoms with van der Waals surface area (Å²) in [5, 5.41) is 3.81. The molecule has 78 valence electrons. The molecular formula is C10H16N2O2. The minimum atomic E-state index is 0.626. The minimum Gasteiger partial charge on any atom is -0.340 e. The molecule has 1 rings (SSSR count). The minimum absolute atomic E-state index is 0.626. The van der Waals surface area contributed by atoms with E-state index in [9.17, 15) is 4.79 Å². The summed E-state index contributed by atoms with van der Waals surface area (Å²) in [6.07, 6.45) is 6.83. The van der Waals surface area contributed by atoms with Gasteiger partial charge in [-0.25, -0.2) is 0 Å². The molecule has 1 aromatic heterocycles. The number of hydrogen-bond donors (Lipinski definition) is 0. The summed E-state index contributed by atoms with van der Waals surface area (Å²) in [6, 6.07) is 0. The largest absolute Gasteiger partial charge is 0.340 e. The molecule has 14 heavy (non-hydrogen) atoms. The SMILES string of the molecule is Cc1nc(CCCCCCC=O)no1. The van der Waals surface area contributed by atoms with E-state index in [0.717, 1.165) is 44.2 Å². The molecule has 0 aliphatic carbocycles. The van der Waals surface area contributed by atoms with Gasteiger partial charge in [-0.15, -0.1) is 0 Å². The van der Waals surface area contributed by atoms with Gasteiger partial charge < -0.3 is 9.32 Å². The molecule has 0 aromatic carbocycles. The fraction of sp³-hybridized carbons (Fsp3) is 0.700. The monoisotopic (exact) mass is 196 g/mol. The molecule has 0 fully saturated rings. The Morgan fingerprint density at radius 2 is 2.07 bits per heavy atom. The number of aryl methyl sites for hydroxylation is 2. The quantitative estimate of drug-likeness (QED) is 0.495. The number of nitrogens with zero attached hydrogens (tertiary/aromatic N) is 2. The maximum atomic E-state index is 10.0. The van der Waals surface area contributed by atoms with E-state index in [0.29, 0.717) is 12.3 Å². The lowest BCUT2D eigenvalue weighted by molar-refractivity contribution is -0.107. The summed E-state index contributed by atoms with van der Waals surface area (Å²) >= 11 is 0. The summed E-state index contributed by atoms with van der Waals surface area (Å²) < 4.78 is 4.85. The van der Waals surface area contributed by atoms with Crippen LogP contribution in [0.2, 0.25) is 0 Å². The standard InChI is InChI=1S/C10H16N2O2/c1-9-11-10(12-14-9)7-5-3-2-4-6-8-13/h8H,2-7H2,1H3. The Hall–Kier alpha value is -1.19. The molecule has 0 bridgehead atoms. The van der Waals surface area contributed by atoms with E-state index in [1.165, 1.54) is 0 Å². The normalized spacial score (nSPS) is 10.4. The van der Waals surface area contributed by atoms with E-state index in [2.05, 4.69) is 10.1 Å². The molecule has 1 aromatic rings. The molecule has 1 heterocycles. The van der Waals surface area contributed by atoms with Gasteiger partial charge in [0, 0.05) is 19.8 Å². The van der Waals surface area contributed by atoms with Crippen LogP contribution in [0.3, 0.4) is 0 Å². The van der Waals surface area contributed by atoms with Crippen molar-refractivity contribution in [3.05, 3.63) is 11.7 Å². The zero-order valence-electron chi connectivity index (χ0n) is 8.53. The Kier molecular flexibility index (Phi) is 4.89. The van der Waals surface area contributed by atoms with Crippen LogP contribution in [-0.2, 0) is 11.2 Å². The van der Waals surface area contributed by atoms with Crippen molar-refractivity contribution in [1.29, 1.82) is 0 Å². The van der Waals surface area contributed by atoms with Crippen molar-refractivity contribution in [2.75, 3.05) is 0 Å². The fourth-order valence-corrected chi connectivity index (χ4v) is 1.31. The van der Waals surface area contributed by atoms with Crippen molar-refractivity contribution in [3.63, 3.8) is 0 Å². The Labute approximate surface area is 83.7 Å². The second kappa shape index (κ2) is 6.29. The van der Waals surface area contributed by atoms with E-state index in [4.69, 9.17) is 4.52 Å². The summed E-state index contributed by atoms with van der Waals surface area (Å²) in [7, 11) is 0. The first-order chi connectivity index (χ1) is 6.83. The number of carbonyl (C=O) groups is 1. The first-order valence-electron chi connectivity index (χ1n) is 5.06. The third-order valence-corrected chi connectivity index (χ3v) is 2.04. The molecule has 0 atom stereocenters. The van der Waals surface area contributed by atoms with Gasteiger partial charge >= 0.3 is 0 Å². The van der Waals surface area contributed by atoms with Gasteiger partial charge in [0.1, 0.15) is 6.29 Å². The average Bonchev–Trinajstić information content (AvgIpc) is 2.58. The molecule has 0 unspecified atom stereocenters. The predicted molar refractivity (Wildman–Crippen MR) is 51.9 cm³/mol. The van der Waals surface area contributed by atoms with Crippen LogP contribution in [-0.4, -0.2) is 16.4 Å². The molecule has 0 aliphatic heterocycles. The maximum Gasteiger partial charge on any atom is 0.223 e. The molecule has 0 spiro atoms. The maximum absolute atomic E-state index is 10.0. The third kappa shape index (κ3) is 4.16.